The molecule has 0 radical (unpaired) electrons. The number of H-pyrrole nitrogens is 1. The van der Waals surface area contributed by atoms with Crippen LogP contribution in [-0.4, -0.2) is 22.8 Å². The van der Waals surface area contributed by atoms with Crippen LogP contribution in [0.15, 0.2) is 12.3 Å². The minimum Gasteiger partial charge on any atom is -0.352 e. The van der Waals surface area contributed by atoms with E-state index >= 15 is 0 Å². The summed E-state index contributed by atoms with van der Waals surface area (Å²) in [5, 5.41) is 0. The van der Waals surface area contributed by atoms with Crippen molar-refractivity contribution in [3.63, 3.8) is 0 Å². The number of carbonyl (C=O) groups excluding carboxylic acids is 1. The molecular formula is C11H14N2OS. The van der Waals surface area contributed by atoms with Crippen molar-refractivity contribution in [1.29, 1.82) is 0 Å². The summed E-state index contributed by atoms with van der Waals surface area (Å²) in [4.78, 5) is 15.8. The molecule has 1 atom stereocenters. The standard InChI is InChI=1S/C11H14N2OS/c1-8-5-9(6-12-11(8)15)10-3-2-4-13(10)7-14/h5-7,10H,2-4H2,1H3,(H,12,15)/t10-/m0/s1. The minimum absolute atomic E-state index is 0.230. The molecule has 1 aromatic rings. The lowest BCUT2D eigenvalue weighted by Gasteiger charge is -2.20. The van der Waals surface area contributed by atoms with Gasteiger partial charge in [-0.3, -0.25) is 4.79 Å². The zero-order valence-corrected chi connectivity index (χ0v) is 9.51. The third-order valence-corrected chi connectivity index (χ3v) is 3.37. The minimum atomic E-state index is 0.230. The Labute approximate surface area is 94.1 Å². The fraction of sp³-hybridized carbons (Fsp3) is 0.455. The number of nitrogens with one attached hydrogen (secondary N) is 1. The Hall–Kier alpha value is -1.16. The van der Waals surface area contributed by atoms with Crippen molar-refractivity contribution in [3.05, 3.63) is 28.0 Å². The van der Waals surface area contributed by atoms with Crippen LogP contribution in [0.4, 0.5) is 0 Å². The number of hydrogen-bond acceptors (Lipinski definition) is 2. The maximum atomic E-state index is 10.8. The number of amides is 1. The Kier molecular flexibility index (Phi) is 2.86. The second-order valence-electron chi connectivity index (χ2n) is 3.95. The SMILES string of the molecule is Cc1cc([C@@H]2CCCN2C=O)c[nH]c1=S. The molecule has 1 N–H and O–H groups in total. The van der Waals surface area contributed by atoms with Crippen LogP contribution in [0.3, 0.4) is 0 Å². The van der Waals surface area contributed by atoms with Crippen molar-refractivity contribution in [2.24, 2.45) is 0 Å². The van der Waals surface area contributed by atoms with E-state index in [1.807, 2.05) is 18.0 Å². The first-order valence-corrected chi connectivity index (χ1v) is 5.53. The van der Waals surface area contributed by atoms with Crippen LogP contribution in [0.5, 0.6) is 0 Å². The van der Waals surface area contributed by atoms with Crippen LogP contribution < -0.4 is 0 Å². The smallest absolute Gasteiger partial charge is 0.210 e. The largest absolute Gasteiger partial charge is 0.352 e. The van der Waals surface area contributed by atoms with E-state index in [1.54, 1.807) is 0 Å². The van der Waals surface area contributed by atoms with Gasteiger partial charge in [-0.2, -0.15) is 0 Å². The van der Waals surface area contributed by atoms with E-state index in [0.29, 0.717) is 0 Å². The Morgan fingerprint density at radius 2 is 2.47 bits per heavy atom. The Bertz CT molecular complexity index is 427. The van der Waals surface area contributed by atoms with Gasteiger partial charge in [0, 0.05) is 12.7 Å². The normalized spacial score (nSPS) is 20.6. The van der Waals surface area contributed by atoms with Crippen LogP contribution in [0.25, 0.3) is 0 Å². The Morgan fingerprint density at radius 1 is 1.67 bits per heavy atom. The maximum absolute atomic E-state index is 10.8. The molecule has 1 aromatic heterocycles. The highest BCUT2D eigenvalue weighted by Crippen LogP contribution is 2.30. The number of rotatable bonds is 2. The molecule has 3 nitrogen and oxygen atoms in total. The van der Waals surface area contributed by atoms with Gasteiger partial charge >= 0.3 is 0 Å². The molecule has 0 saturated carbocycles. The molecule has 2 rings (SSSR count). The van der Waals surface area contributed by atoms with Crippen molar-refractivity contribution in [2.75, 3.05) is 6.54 Å². The second kappa shape index (κ2) is 4.14. The lowest BCUT2D eigenvalue weighted by atomic mass is 10.1. The van der Waals surface area contributed by atoms with Crippen LogP contribution >= 0.6 is 12.2 Å². The van der Waals surface area contributed by atoms with E-state index in [0.717, 1.165) is 41.6 Å². The van der Waals surface area contributed by atoms with Gasteiger partial charge in [-0.15, -0.1) is 0 Å². The summed E-state index contributed by atoms with van der Waals surface area (Å²) in [7, 11) is 0. The highest BCUT2D eigenvalue weighted by Gasteiger charge is 2.24. The summed E-state index contributed by atoms with van der Waals surface area (Å²) in [6, 6.07) is 2.30. The number of carbonyl (C=O) groups is 1. The van der Waals surface area contributed by atoms with Crippen molar-refractivity contribution in [2.45, 2.75) is 25.8 Å². The molecule has 4 heteroatoms. The van der Waals surface area contributed by atoms with E-state index in [1.165, 1.54) is 0 Å². The first-order valence-electron chi connectivity index (χ1n) is 5.12. The van der Waals surface area contributed by atoms with Gasteiger partial charge in [0.15, 0.2) is 0 Å². The van der Waals surface area contributed by atoms with Gasteiger partial charge in [-0.1, -0.05) is 12.2 Å². The van der Waals surface area contributed by atoms with E-state index in [9.17, 15) is 4.79 Å². The topological polar surface area (TPSA) is 36.1 Å². The molecule has 1 aliphatic heterocycles. The molecule has 1 aliphatic rings. The number of aryl methyl sites for hydroxylation is 1. The molecule has 0 aromatic carbocycles. The fourth-order valence-corrected chi connectivity index (χ4v) is 2.20. The van der Waals surface area contributed by atoms with Gasteiger partial charge in [0.05, 0.1) is 6.04 Å². The van der Waals surface area contributed by atoms with Crippen molar-refractivity contribution >= 4 is 18.6 Å². The number of hydrogen-bond donors (Lipinski definition) is 1. The maximum Gasteiger partial charge on any atom is 0.210 e. The number of aromatic nitrogens is 1. The summed E-state index contributed by atoms with van der Waals surface area (Å²) in [6.45, 7) is 2.85. The highest BCUT2D eigenvalue weighted by atomic mass is 32.1. The average Bonchev–Trinajstić information content (AvgIpc) is 2.70. The molecular weight excluding hydrogens is 208 g/mol. The highest BCUT2D eigenvalue weighted by molar-refractivity contribution is 7.71. The first kappa shape index (κ1) is 10.4. The van der Waals surface area contributed by atoms with Gasteiger partial charge in [0.25, 0.3) is 0 Å². The van der Waals surface area contributed by atoms with E-state index < -0.39 is 0 Å². The Morgan fingerprint density at radius 3 is 3.13 bits per heavy atom. The summed E-state index contributed by atoms with van der Waals surface area (Å²) < 4.78 is 0.773. The fourth-order valence-electron chi connectivity index (χ4n) is 2.09. The predicted molar refractivity (Wildman–Crippen MR) is 61.1 cm³/mol. The number of nitrogens with zero attached hydrogens (tertiary/aromatic N) is 1. The molecule has 1 saturated heterocycles. The van der Waals surface area contributed by atoms with Crippen LogP contribution in [0, 0.1) is 11.6 Å². The molecule has 0 spiro atoms. The number of likely N-dealkylation sites (tertiary alicyclic amines) is 1. The van der Waals surface area contributed by atoms with Gasteiger partial charge in [0.1, 0.15) is 4.64 Å². The van der Waals surface area contributed by atoms with Crippen LogP contribution in [0.1, 0.15) is 30.0 Å². The third-order valence-electron chi connectivity index (χ3n) is 2.93. The molecule has 0 bridgehead atoms. The average molecular weight is 222 g/mol. The summed E-state index contributed by atoms with van der Waals surface area (Å²) in [5.41, 5.74) is 2.23. The summed E-state index contributed by atoms with van der Waals surface area (Å²) >= 11 is 5.11. The van der Waals surface area contributed by atoms with Gasteiger partial charge in [0.2, 0.25) is 6.41 Å². The first-order chi connectivity index (χ1) is 7.22. The predicted octanol–water partition coefficient (Wildman–Crippen LogP) is 2.35. The number of pyridine rings is 1. The quantitative estimate of drug-likeness (QED) is 0.616. The summed E-state index contributed by atoms with van der Waals surface area (Å²) in [5.74, 6) is 0. The van der Waals surface area contributed by atoms with Crippen molar-refractivity contribution in [1.82, 2.24) is 9.88 Å². The van der Waals surface area contributed by atoms with E-state index in [2.05, 4.69) is 11.1 Å². The van der Waals surface area contributed by atoms with Crippen LogP contribution in [-0.2, 0) is 4.79 Å². The van der Waals surface area contributed by atoms with Gasteiger partial charge in [-0.05, 0) is 37.0 Å². The summed E-state index contributed by atoms with van der Waals surface area (Å²) in [6.07, 6.45) is 4.98. The zero-order chi connectivity index (χ0) is 10.8. The molecule has 0 aliphatic carbocycles. The molecule has 2 heterocycles. The lowest BCUT2D eigenvalue weighted by molar-refractivity contribution is -0.118. The molecule has 1 fully saturated rings. The molecule has 15 heavy (non-hydrogen) atoms. The molecule has 1 amide bonds. The Balaban J connectivity index is 2.32. The second-order valence-corrected chi connectivity index (χ2v) is 4.35. The number of aromatic amines is 1. The van der Waals surface area contributed by atoms with E-state index in [4.69, 9.17) is 12.2 Å². The molecule has 0 unspecified atom stereocenters. The lowest BCUT2D eigenvalue weighted by Crippen LogP contribution is -2.21. The van der Waals surface area contributed by atoms with Gasteiger partial charge < -0.3 is 9.88 Å². The van der Waals surface area contributed by atoms with Crippen molar-refractivity contribution in [3.8, 4) is 0 Å². The van der Waals surface area contributed by atoms with Crippen molar-refractivity contribution < 1.29 is 4.79 Å². The van der Waals surface area contributed by atoms with E-state index in [-0.39, 0.29) is 6.04 Å². The van der Waals surface area contributed by atoms with Crippen LogP contribution in [0.2, 0.25) is 0 Å². The monoisotopic (exact) mass is 222 g/mol. The van der Waals surface area contributed by atoms with Gasteiger partial charge in [-0.25, -0.2) is 0 Å². The zero-order valence-electron chi connectivity index (χ0n) is 8.69. The third kappa shape index (κ3) is 1.95. The molecule has 80 valence electrons.